The molecule has 1 fully saturated rings. The Bertz CT molecular complexity index is 1560. The number of piperidine rings is 1. The van der Waals surface area contributed by atoms with Gasteiger partial charge in [0.05, 0.1) is 11.3 Å². The van der Waals surface area contributed by atoms with E-state index in [2.05, 4.69) is 30.2 Å². The molecular formula is C32H42N6O5S. The van der Waals surface area contributed by atoms with Crippen molar-refractivity contribution in [1.82, 2.24) is 20.0 Å². The average Bonchev–Trinajstić information content (AvgIpc) is 2.92. The maximum atomic E-state index is 13.5. The normalized spacial score (nSPS) is 15.0. The summed E-state index contributed by atoms with van der Waals surface area (Å²) in [6, 6.07) is 12.7. The summed E-state index contributed by atoms with van der Waals surface area (Å²) in [6.45, 7) is 12.0. The van der Waals surface area contributed by atoms with Crippen LogP contribution in [0.3, 0.4) is 0 Å². The van der Waals surface area contributed by atoms with Gasteiger partial charge in [-0.3, -0.25) is 9.59 Å². The van der Waals surface area contributed by atoms with Crippen LogP contribution in [-0.4, -0.2) is 61.2 Å². The van der Waals surface area contributed by atoms with Crippen LogP contribution >= 0.6 is 0 Å². The molecule has 1 amide bonds. The van der Waals surface area contributed by atoms with Crippen molar-refractivity contribution in [3.8, 4) is 0 Å². The Labute approximate surface area is 259 Å². The number of sulfonamides is 1. The maximum absolute atomic E-state index is 13.5. The number of hydrogen-bond acceptors (Lipinski definition) is 9. The van der Waals surface area contributed by atoms with Gasteiger partial charge in [0.15, 0.2) is 0 Å². The van der Waals surface area contributed by atoms with Crippen molar-refractivity contribution >= 4 is 33.5 Å². The summed E-state index contributed by atoms with van der Waals surface area (Å²) >= 11 is 0. The van der Waals surface area contributed by atoms with E-state index in [1.807, 2.05) is 13.0 Å². The quantitative estimate of drug-likeness (QED) is 0.223. The van der Waals surface area contributed by atoms with E-state index >= 15 is 0 Å². The van der Waals surface area contributed by atoms with Crippen LogP contribution in [0.5, 0.6) is 0 Å². The molecule has 3 aromatic rings. The second-order valence-corrected chi connectivity index (χ2v) is 13.8. The zero-order chi connectivity index (χ0) is 32.1. The van der Waals surface area contributed by atoms with E-state index in [0.29, 0.717) is 22.6 Å². The molecule has 0 bridgehead atoms. The molecule has 236 valence electrons. The first kappa shape index (κ1) is 32.9. The maximum Gasteiger partial charge on any atom is 0.309 e. The van der Waals surface area contributed by atoms with Crippen LogP contribution in [0.15, 0.2) is 59.8 Å². The smallest absolute Gasteiger partial charge is 0.309 e. The Kier molecular flexibility index (Phi) is 10.3. The molecule has 12 heteroatoms. The summed E-state index contributed by atoms with van der Waals surface area (Å²) in [4.78, 5) is 37.0. The molecule has 1 saturated heterocycles. The van der Waals surface area contributed by atoms with E-state index in [1.54, 1.807) is 83.4 Å². The topological polar surface area (TPSA) is 143 Å². The standard InChI is InChI=1S/C32H42N6O5S/c1-21-17-22(2)29(23(3)18-21)44(41,42)37-27(20-28(39)43-32(4,5)6)36-30(40)24-9-7-10-26(19-24)38-15-11-25(12-16-38)35-31-33-13-8-14-34-31/h7-10,13-14,17-19,25,27,37H,11-12,15-16,20H2,1-6H3,(H,36,40)(H,33,34,35). The van der Waals surface area contributed by atoms with E-state index in [0.717, 1.165) is 37.2 Å². The lowest BCUT2D eigenvalue weighted by molar-refractivity contribution is -0.155. The van der Waals surface area contributed by atoms with Gasteiger partial charge in [-0.25, -0.2) is 18.4 Å². The summed E-state index contributed by atoms with van der Waals surface area (Å²) in [6.07, 6.45) is 3.51. The number of anilines is 2. The summed E-state index contributed by atoms with van der Waals surface area (Å²) in [5, 5.41) is 6.08. The number of carbonyl (C=O) groups excluding carboxylic acids is 2. The van der Waals surface area contributed by atoms with Crippen LogP contribution in [-0.2, 0) is 19.6 Å². The third-order valence-electron chi connectivity index (χ3n) is 7.13. The van der Waals surface area contributed by atoms with Gasteiger partial charge in [-0.15, -0.1) is 0 Å². The highest BCUT2D eigenvalue weighted by molar-refractivity contribution is 7.89. The number of rotatable bonds is 10. The summed E-state index contributed by atoms with van der Waals surface area (Å²) in [5.74, 6) is -0.555. The summed E-state index contributed by atoms with van der Waals surface area (Å²) in [5.41, 5.74) is 2.52. The fourth-order valence-corrected chi connectivity index (χ4v) is 7.03. The van der Waals surface area contributed by atoms with Gasteiger partial charge < -0.3 is 20.3 Å². The predicted molar refractivity (Wildman–Crippen MR) is 170 cm³/mol. The summed E-state index contributed by atoms with van der Waals surface area (Å²) in [7, 11) is -4.10. The molecule has 3 N–H and O–H groups in total. The van der Waals surface area contributed by atoms with Gasteiger partial charge in [-0.2, -0.15) is 4.72 Å². The lowest BCUT2D eigenvalue weighted by Crippen LogP contribution is -2.49. The summed E-state index contributed by atoms with van der Waals surface area (Å²) < 4.78 is 35.1. The first-order valence-corrected chi connectivity index (χ1v) is 16.2. The average molecular weight is 623 g/mol. The third kappa shape index (κ3) is 8.99. The lowest BCUT2D eigenvalue weighted by atomic mass is 10.0. The van der Waals surface area contributed by atoms with Crippen molar-refractivity contribution in [3.05, 3.63) is 77.1 Å². The van der Waals surface area contributed by atoms with Crippen LogP contribution in [0, 0.1) is 20.8 Å². The largest absolute Gasteiger partial charge is 0.460 e. The second-order valence-electron chi connectivity index (χ2n) is 12.2. The van der Waals surface area contributed by atoms with Crippen LogP contribution in [0.1, 0.15) is 67.1 Å². The fourth-order valence-electron chi connectivity index (χ4n) is 5.43. The number of carbonyl (C=O) groups is 2. The van der Waals surface area contributed by atoms with Crippen molar-refractivity contribution in [2.75, 3.05) is 23.3 Å². The lowest BCUT2D eigenvalue weighted by Gasteiger charge is -2.34. The Balaban J connectivity index is 1.48. The van der Waals surface area contributed by atoms with Crippen molar-refractivity contribution in [1.29, 1.82) is 0 Å². The van der Waals surface area contributed by atoms with E-state index < -0.39 is 40.1 Å². The number of nitrogens with zero attached hydrogens (tertiary/aromatic N) is 3. The first-order chi connectivity index (χ1) is 20.7. The number of ether oxygens (including phenoxy) is 1. The Morgan fingerprint density at radius 2 is 1.64 bits per heavy atom. The van der Waals surface area contributed by atoms with E-state index in [4.69, 9.17) is 4.74 Å². The number of esters is 1. The second kappa shape index (κ2) is 13.7. The number of aryl methyl sites for hydroxylation is 3. The zero-order valence-electron chi connectivity index (χ0n) is 26.2. The molecule has 4 rings (SSSR count). The fraction of sp³-hybridized carbons (Fsp3) is 0.438. The van der Waals surface area contributed by atoms with Gasteiger partial charge in [0.25, 0.3) is 5.91 Å². The molecule has 2 aromatic carbocycles. The minimum absolute atomic E-state index is 0.116. The predicted octanol–water partition coefficient (Wildman–Crippen LogP) is 4.25. The highest BCUT2D eigenvalue weighted by Gasteiger charge is 2.29. The van der Waals surface area contributed by atoms with Gasteiger partial charge in [0.1, 0.15) is 11.8 Å². The molecule has 1 aliphatic rings. The van der Waals surface area contributed by atoms with Gasteiger partial charge >= 0.3 is 5.97 Å². The minimum Gasteiger partial charge on any atom is -0.460 e. The molecule has 1 aromatic heterocycles. The van der Waals surface area contributed by atoms with Gasteiger partial charge in [-0.1, -0.05) is 23.8 Å². The zero-order valence-corrected chi connectivity index (χ0v) is 27.0. The van der Waals surface area contributed by atoms with Crippen molar-refractivity contribution in [2.24, 2.45) is 0 Å². The van der Waals surface area contributed by atoms with Crippen LogP contribution < -0.4 is 20.3 Å². The van der Waals surface area contributed by atoms with Crippen molar-refractivity contribution in [2.45, 2.75) is 83.5 Å². The molecule has 1 aliphatic heterocycles. The third-order valence-corrected chi connectivity index (χ3v) is 8.91. The van der Waals surface area contributed by atoms with Crippen LogP contribution in [0.2, 0.25) is 0 Å². The van der Waals surface area contributed by atoms with E-state index in [9.17, 15) is 18.0 Å². The number of amides is 1. The molecule has 0 radical (unpaired) electrons. The molecule has 0 saturated carbocycles. The highest BCUT2D eigenvalue weighted by atomic mass is 32.2. The molecule has 44 heavy (non-hydrogen) atoms. The van der Waals surface area contributed by atoms with E-state index in [1.165, 1.54) is 0 Å². The molecule has 11 nitrogen and oxygen atoms in total. The highest BCUT2D eigenvalue weighted by Crippen LogP contribution is 2.24. The van der Waals surface area contributed by atoms with E-state index in [-0.39, 0.29) is 10.9 Å². The molecule has 2 heterocycles. The number of hydrogen-bond donors (Lipinski definition) is 3. The molecular weight excluding hydrogens is 580 g/mol. The molecule has 0 aliphatic carbocycles. The Hall–Kier alpha value is -4.03. The number of nitrogens with one attached hydrogen (secondary N) is 3. The van der Waals surface area contributed by atoms with Crippen molar-refractivity contribution in [3.63, 3.8) is 0 Å². The van der Waals surface area contributed by atoms with Gasteiger partial charge in [-0.05, 0) is 89.8 Å². The first-order valence-electron chi connectivity index (χ1n) is 14.7. The molecule has 1 atom stereocenters. The number of aromatic nitrogens is 2. The molecule has 1 unspecified atom stereocenters. The van der Waals surface area contributed by atoms with Gasteiger partial charge in [0.2, 0.25) is 16.0 Å². The van der Waals surface area contributed by atoms with Gasteiger partial charge in [0, 0.05) is 42.8 Å². The Morgan fingerprint density at radius 3 is 2.25 bits per heavy atom. The van der Waals surface area contributed by atoms with Crippen LogP contribution in [0.4, 0.5) is 11.6 Å². The SMILES string of the molecule is Cc1cc(C)c(S(=O)(=O)NC(CC(=O)OC(C)(C)C)NC(=O)c2cccc(N3CCC(Nc4ncccn4)CC3)c2)c(C)c1. The van der Waals surface area contributed by atoms with Crippen molar-refractivity contribution < 1.29 is 22.7 Å². The van der Waals surface area contributed by atoms with Crippen LogP contribution in [0.25, 0.3) is 0 Å². The number of benzene rings is 2. The Morgan fingerprint density at radius 1 is 1.00 bits per heavy atom. The minimum atomic E-state index is -4.10. The molecule has 0 spiro atoms. The monoisotopic (exact) mass is 622 g/mol.